The summed E-state index contributed by atoms with van der Waals surface area (Å²) in [6.45, 7) is 7.61. The number of carboxylic acid groups (broad SMARTS) is 1. The van der Waals surface area contributed by atoms with Crippen LogP contribution in [-0.4, -0.2) is 133 Å². The molecule has 0 unspecified atom stereocenters. The van der Waals surface area contributed by atoms with E-state index in [0.29, 0.717) is 42.8 Å². The van der Waals surface area contributed by atoms with Crippen molar-refractivity contribution < 1.29 is 43.8 Å². The Bertz CT molecular complexity index is 2110. The van der Waals surface area contributed by atoms with Gasteiger partial charge in [-0.1, -0.05) is 46.2 Å². The van der Waals surface area contributed by atoms with Crippen LogP contribution < -0.4 is 54.8 Å². The highest BCUT2D eigenvalue weighted by Crippen LogP contribution is 2.15. The number of nitrogens with zero attached hydrogens (tertiary/aromatic N) is 3. The lowest BCUT2D eigenvalue weighted by atomic mass is 9.96. The maximum absolute atomic E-state index is 14.3. The molecule has 24 nitrogen and oxygen atoms in total. The molecule has 380 valence electrons. The van der Waals surface area contributed by atoms with E-state index < -0.39 is 89.6 Å². The lowest BCUT2D eigenvalue weighted by molar-refractivity contribution is -0.142. The van der Waals surface area contributed by atoms with Crippen molar-refractivity contribution in [2.45, 2.75) is 134 Å². The molecule has 24 heteroatoms. The zero-order valence-electron chi connectivity index (χ0n) is 39.7. The zero-order valence-corrected chi connectivity index (χ0v) is 39.7. The number of imidazole rings is 2. The third-order valence-corrected chi connectivity index (χ3v) is 11.2. The van der Waals surface area contributed by atoms with Crippen molar-refractivity contribution in [3.8, 4) is 5.75 Å². The number of carbonyl (C=O) groups excluding carboxylic acids is 6. The number of nitrogens with two attached hydrogens (primary N) is 4. The number of guanidine groups is 1. The predicted molar refractivity (Wildman–Crippen MR) is 255 cm³/mol. The quantitative estimate of drug-likeness (QED) is 0.0197. The van der Waals surface area contributed by atoms with Crippen LogP contribution in [-0.2, 0) is 52.8 Å². The van der Waals surface area contributed by atoms with Crippen molar-refractivity contribution in [3.05, 3.63) is 66.3 Å². The molecule has 18 N–H and O–H groups in total. The first-order valence-corrected chi connectivity index (χ1v) is 23.1. The van der Waals surface area contributed by atoms with E-state index in [1.54, 1.807) is 19.1 Å². The van der Waals surface area contributed by atoms with Gasteiger partial charge >= 0.3 is 5.97 Å². The Labute approximate surface area is 401 Å². The van der Waals surface area contributed by atoms with E-state index in [2.05, 4.69) is 56.8 Å². The molecule has 0 radical (unpaired) electrons. The van der Waals surface area contributed by atoms with Crippen molar-refractivity contribution in [1.29, 1.82) is 0 Å². The first-order valence-electron chi connectivity index (χ1n) is 23.1. The van der Waals surface area contributed by atoms with Gasteiger partial charge in [0.15, 0.2) is 5.96 Å². The van der Waals surface area contributed by atoms with Gasteiger partial charge in [-0.3, -0.25) is 33.8 Å². The summed E-state index contributed by atoms with van der Waals surface area (Å²) in [6.07, 6.45) is 7.35. The molecule has 0 fully saturated rings. The van der Waals surface area contributed by atoms with Crippen LogP contribution in [0.3, 0.4) is 0 Å². The van der Waals surface area contributed by atoms with E-state index >= 15 is 0 Å². The summed E-state index contributed by atoms with van der Waals surface area (Å²) in [7, 11) is 0. The van der Waals surface area contributed by atoms with Crippen molar-refractivity contribution in [2.24, 2.45) is 39.8 Å². The number of aromatic nitrogens is 4. The van der Waals surface area contributed by atoms with E-state index in [4.69, 9.17) is 22.9 Å². The summed E-state index contributed by atoms with van der Waals surface area (Å²) in [5, 5.41) is 35.7. The van der Waals surface area contributed by atoms with Crippen LogP contribution >= 0.6 is 0 Å². The molecule has 2 aromatic heterocycles. The van der Waals surface area contributed by atoms with Gasteiger partial charge in [-0.05, 0) is 81.0 Å². The number of carbonyl (C=O) groups is 7. The summed E-state index contributed by atoms with van der Waals surface area (Å²) in [5.41, 5.74) is 24.6. The fraction of sp³-hybridized carbons (Fsp3) is 0.556. The number of aromatic hydroxyl groups is 1. The van der Waals surface area contributed by atoms with Gasteiger partial charge in [0, 0.05) is 43.2 Å². The first-order chi connectivity index (χ1) is 32.8. The van der Waals surface area contributed by atoms with Gasteiger partial charge in [-0.2, -0.15) is 0 Å². The topological polar surface area (TPSA) is 406 Å². The molecule has 0 aliphatic heterocycles. The van der Waals surface area contributed by atoms with Crippen molar-refractivity contribution >= 4 is 47.4 Å². The molecule has 3 rings (SSSR count). The Hall–Kier alpha value is -7.08. The summed E-state index contributed by atoms with van der Waals surface area (Å²) < 4.78 is 0. The fourth-order valence-corrected chi connectivity index (χ4v) is 7.17. The number of aliphatic imine (C=N–C) groups is 1. The Morgan fingerprint density at radius 1 is 0.667 bits per heavy atom. The maximum Gasteiger partial charge on any atom is 0.326 e. The maximum atomic E-state index is 14.3. The third kappa shape index (κ3) is 20.0. The van der Waals surface area contributed by atoms with E-state index in [1.807, 2.05) is 20.8 Å². The number of hydrogen-bond donors (Lipinski definition) is 14. The number of unbranched alkanes of at least 4 members (excludes halogenated alkanes) is 1. The number of amides is 6. The molecule has 1 aromatic carbocycles. The molecule has 69 heavy (non-hydrogen) atoms. The average Bonchev–Trinajstić information content (AvgIpc) is 4.03. The minimum Gasteiger partial charge on any atom is -0.508 e. The van der Waals surface area contributed by atoms with Gasteiger partial charge in [-0.25, -0.2) is 14.8 Å². The molecule has 0 aliphatic rings. The van der Waals surface area contributed by atoms with Gasteiger partial charge in [0.25, 0.3) is 0 Å². The second-order valence-corrected chi connectivity index (χ2v) is 17.4. The van der Waals surface area contributed by atoms with Crippen LogP contribution in [0.5, 0.6) is 5.75 Å². The van der Waals surface area contributed by atoms with E-state index in [9.17, 15) is 43.8 Å². The first kappa shape index (κ1) is 56.2. The van der Waals surface area contributed by atoms with Gasteiger partial charge in [-0.15, -0.1) is 0 Å². The van der Waals surface area contributed by atoms with Crippen LogP contribution in [0.2, 0.25) is 0 Å². The minimum atomic E-state index is -1.37. The summed E-state index contributed by atoms with van der Waals surface area (Å²) >= 11 is 0. The van der Waals surface area contributed by atoms with Gasteiger partial charge in [0.2, 0.25) is 35.4 Å². The fourth-order valence-electron chi connectivity index (χ4n) is 7.17. The highest BCUT2D eigenvalue weighted by Gasteiger charge is 2.35. The van der Waals surface area contributed by atoms with Crippen molar-refractivity contribution in [1.82, 2.24) is 51.8 Å². The van der Waals surface area contributed by atoms with Crippen LogP contribution in [0.4, 0.5) is 0 Å². The number of phenolic OH excluding ortho intramolecular Hbond substituents is 1. The number of hydrogen-bond acceptors (Lipinski definition) is 13. The average molecular weight is 966 g/mol. The molecule has 2 heterocycles. The number of carboxylic acids is 1. The van der Waals surface area contributed by atoms with Crippen LogP contribution in [0.25, 0.3) is 0 Å². The summed E-state index contributed by atoms with van der Waals surface area (Å²) in [6, 6.07) is -2.43. The number of phenols is 1. The summed E-state index contributed by atoms with van der Waals surface area (Å²) in [4.78, 5) is 114. The van der Waals surface area contributed by atoms with Gasteiger partial charge < -0.3 is 75.0 Å². The highest BCUT2D eigenvalue weighted by molar-refractivity contribution is 5.97. The number of aliphatic carboxylic acids is 1. The van der Waals surface area contributed by atoms with E-state index in [0.717, 1.165) is 0 Å². The molecule has 8 atom stereocenters. The van der Waals surface area contributed by atoms with Crippen molar-refractivity contribution in [3.63, 3.8) is 0 Å². The predicted octanol–water partition coefficient (Wildman–Crippen LogP) is -1.54. The molecule has 0 spiro atoms. The monoisotopic (exact) mass is 966 g/mol. The number of rotatable bonds is 31. The molecular formula is C45H71N15O9. The van der Waals surface area contributed by atoms with E-state index in [1.165, 1.54) is 37.2 Å². The SMILES string of the molecule is CC[C@H](C)[C@H](NC(=O)[C@H](Cc1cnc[nH]1)NC(=O)[C@@H](N)Cc1ccc(O)cc1)C(=O)N[C@@H](CC(C)C)C(=O)N[C@@H](CCCN=C(N)N)C(=O)N[C@@H](CCCCN)C(=O)N[C@@H](Cc1cnc[nH]1)C(=O)O. The lowest BCUT2D eigenvalue weighted by Gasteiger charge is -2.30. The smallest absolute Gasteiger partial charge is 0.326 e. The molecule has 6 amide bonds. The van der Waals surface area contributed by atoms with E-state index in [-0.39, 0.29) is 69.1 Å². The number of nitrogens with one attached hydrogen (secondary N) is 8. The Kier molecular flexibility index (Phi) is 23.6. The van der Waals surface area contributed by atoms with Gasteiger partial charge in [0.05, 0.1) is 18.7 Å². The molecule has 3 aromatic rings. The van der Waals surface area contributed by atoms with Crippen LogP contribution in [0, 0.1) is 11.8 Å². The normalized spacial score (nSPS) is 14.7. The Balaban J connectivity index is 1.85. The highest BCUT2D eigenvalue weighted by atomic mass is 16.4. The van der Waals surface area contributed by atoms with Crippen LogP contribution in [0.1, 0.15) is 89.6 Å². The lowest BCUT2D eigenvalue weighted by Crippen LogP contribution is -2.61. The number of benzene rings is 1. The molecular weight excluding hydrogens is 895 g/mol. The minimum absolute atomic E-state index is 0.0149. The zero-order chi connectivity index (χ0) is 51.0. The molecule has 0 saturated heterocycles. The molecule has 0 bridgehead atoms. The second-order valence-electron chi connectivity index (χ2n) is 17.4. The Morgan fingerprint density at radius 2 is 1.17 bits per heavy atom. The van der Waals surface area contributed by atoms with Gasteiger partial charge in [0.1, 0.15) is 42.0 Å². The molecule has 0 saturated carbocycles. The summed E-state index contributed by atoms with van der Waals surface area (Å²) in [5.74, 6) is -6.44. The Morgan fingerprint density at radius 3 is 1.68 bits per heavy atom. The third-order valence-electron chi connectivity index (χ3n) is 11.2. The van der Waals surface area contributed by atoms with Crippen LogP contribution in [0.15, 0.2) is 54.3 Å². The largest absolute Gasteiger partial charge is 0.508 e. The van der Waals surface area contributed by atoms with Crippen molar-refractivity contribution in [2.75, 3.05) is 13.1 Å². The standard InChI is InChI=1S/C45H71N15O9/c1-5-26(4)37(60-42(66)35(19-28-21-50-23-53-28)57-38(62)31(47)18-27-11-13-30(61)14-12-27)43(67)58-34(17-25(2)3)41(65)56-33(10-8-16-52-45(48)49)39(63)55-32(9-6-7-15-46)40(64)59-36(44(68)69)20-29-22-51-24-54-29/h11-14,21-26,31-37,61H,5-10,15-20,46-47H2,1-4H3,(H,50,53)(H,51,54)(H,55,63)(H,56,65)(H,57,62)(H,58,67)(H,59,64)(H,60,66)(H,68,69)(H4,48,49,52)/t26-,31-,32-,33-,34-,35-,36-,37-/m0/s1. The number of H-pyrrole nitrogens is 2. The number of aromatic amines is 2. The molecule has 0 aliphatic carbocycles. The second kappa shape index (κ2) is 29.0.